The Morgan fingerprint density at radius 3 is 2.88 bits per heavy atom. The van der Waals surface area contributed by atoms with E-state index in [9.17, 15) is 14.4 Å². The second kappa shape index (κ2) is 11.2. The van der Waals surface area contributed by atoms with Gasteiger partial charge >= 0.3 is 6.03 Å². The molecular weight excluding hydrogens is 438 g/mol. The Morgan fingerprint density at radius 2 is 2.18 bits per heavy atom. The average molecular weight is 468 g/mol. The van der Waals surface area contributed by atoms with E-state index in [4.69, 9.17) is 11.0 Å². The number of nitrogens with one attached hydrogen (secondary N) is 2. The van der Waals surface area contributed by atoms with E-state index in [0.717, 1.165) is 6.42 Å². The number of carbonyl (C=O) groups is 3. The number of rotatable bonds is 8. The SMILES string of the molecule is C=C[C@@H]1CCN(C(=O)CC#N)C[C@@H]1N(C)c1ncnc2c1ccn2C(=O)NCC(=O)NCCN. The molecule has 3 heterocycles. The number of likely N-dealkylation sites (N-methyl/N-ethyl adjacent to an activating group) is 1. The maximum atomic E-state index is 12.6. The van der Waals surface area contributed by atoms with E-state index in [-0.39, 0.29) is 36.7 Å². The van der Waals surface area contributed by atoms with E-state index in [1.807, 2.05) is 24.1 Å². The van der Waals surface area contributed by atoms with Gasteiger partial charge in [-0.25, -0.2) is 14.8 Å². The van der Waals surface area contributed by atoms with Crippen LogP contribution in [0.2, 0.25) is 0 Å². The van der Waals surface area contributed by atoms with Crippen LogP contribution in [0.3, 0.4) is 0 Å². The number of nitriles is 1. The van der Waals surface area contributed by atoms with Crippen molar-refractivity contribution in [1.29, 1.82) is 5.26 Å². The molecule has 0 bridgehead atoms. The molecule has 3 amide bonds. The van der Waals surface area contributed by atoms with Crippen LogP contribution in [0.4, 0.5) is 10.6 Å². The molecule has 2 aromatic heterocycles. The third-order valence-electron chi connectivity index (χ3n) is 5.90. The molecule has 34 heavy (non-hydrogen) atoms. The van der Waals surface area contributed by atoms with E-state index in [1.54, 1.807) is 17.2 Å². The fourth-order valence-corrected chi connectivity index (χ4v) is 4.10. The minimum absolute atomic E-state index is 0.110. The molecule has 4 N–H and O–H groups in total. The Balaban J connectivity index is 1.81. The van der Waals surface area contributed by atoms with E-state index in [1.165, 1.54) is 10.9 Å². The molecule has 1 saturated heterocycles. The first-order valence-electron chi connectivity index (χ1n) is 11.0. The van der Waals surface area contributed by atoms with Gasteiger partial charge in [-0.1, -0.05) is 6.08 Å². The predicted octanol–water partition coefficient (Wildman–Crippen LogP) is -0.183. The van der Waals surface area contributed by atoms with Crippen molar-refractivity contribution in [3.8, 4) is 6.07 Å². The maximum Gasteiger partial charge on any atom is 0.327 e. The number of aromatic nitrogens is 3. The van der Waals surface area contributed by atoms with E-state index < -0.39 is 6.03 Å². The minimum Gasteiger partial charge on any atom is -0.354 e. The number of amides is 3. The average Bonchev–Trinajstić information content (AvgIpc) is 3.29. The lowest BCUT2D eigenvalue weighted by atomic mass is 9.90. The van der Waals surface area contributed by atoms with E-state index in [0.29, 0.717) is 43.0 Å². The summed E-state index contributed by atoms with van der Waals surface area (Å²) in [7, 11) is 1.88. The maximum absolute atomic E-state index is 12.6. The van der Waals surface area contributed by atoms with Gasteiger partial charge < -0.3 is 26.2 Å². The number of carbonyl (C=O) groups excluding carboxylic acids is 3. The van der Waals surface area contributed by atoms with Crippen molar-refractivity contribution in [3.63, 3.8) is 0 Å². The van der Waals surface area contributed by atoms with Crippen molar-refractivity contribution < 1.29 is 14.4 Å². The summed E-state index contributed by atoms with van der Waals surface area (Å²) in [5.41, 5.74) is 5.74. The fraction of sp³-hybridized carbons (Fsp3) is 0.455. The van der Waals surface area contributed by atoms with Gasteiger partial charge in [-0.2, -0.15) is 5.26 Å². The number of fused-ring (bicyclic) bond motifs is 1. The smallest absolute Gasteiger partial charge is 0.327 e. The number of hydrogen-bond donors (Lipinski definition) is 3. The lowest BCUT2D eigenvalue weighted by Crippen LogP contribution is -2.53. The fourth-order valence-electron chi connectivity index (χ4n) is 4.10. The summed E-state index contributed by atoms with van der Waals surface area (Å²) in [5.74, 6) is 0.172. The lowest BCUT2D eigenvalue weighted by molar-refractivity contribution is -0.131. The quantitative estimate of drug-likeness (QED) is 0.450. The van der Waals surface area contributed by atoms with Gasteiger partial charge in [0.2, 0.25) is 11.8 Å². The standard InChI is InChI=1S/C22H29N9O3/c1-3-15-5-10-30(19(33)4-7-23)13-17(15)29(2)20-16-6-11-31(21(16)28-14-27-20)22(34)26-12-18(32)25-9-8-24/h3,6,11,14-15,17H,1,4-5,8-10,12-13,24H2,2H3,(H,25,32)(H,26,34)/t15-,17+/m1/s1. The number of nitrogens with zero attached hydrogens (tertiary/aromatic N) is 6. The van der Waals surface area contributed by atoms with Gasteiger partial charge in [-0.3, -0.25) is 14.2 Å². The molecule has 0 saturated carbocycles. The molecule has 12 heteroatoms. The van der Waals surface area contributed by atoms with Crippen molar-refractivity contribution in [2.45, 2.75) is 18.9 Å². The van der Waals surface area contributed by atoms with Crippen LogP contribution in [0.25, 0.3) is 11.0 Å². The summed E-state index contributed by atoms with van der Waals surface area (Å²) in [4.78, 5) is 49.1. The molecule has 1 fully saturated rings. The van der Waals surface area contributed by atoms with Gasteiger partial charge in [-0.15, -0.1) is 6.58 Å². The summed E-state index contributed by atoms with van der Waals surface area (Å²) < 4.78 is 1.32. The highest BCUT2D eigenvalue weighted by Gasteiger charge is 2.33. The molecule has 180 valence electrons. The second-order valence-corrected chi connectivity index (χ2v) is 7.96. The molecule has 0 aromatic carbocycles. The topological polar surface area (TPSA) is 162 Å². The van der Waals surface area contributed by atoms with Crippen LogP contribution in [-0.2, 0) is 9.59 Å². The molecule has 3 rings (SSSR count). The molecule has 12 nitrogen and oxygen atoms in total. The van der Waals surface area contributed by atoms with E-state index >= 15 is 0 Å². The normalized spacial score (nSPS) is 17.6. The molecule has 2 aromatic rings. The lowest BCUT2D eigenvalue weighted by Gasteiger charge is -2.42. The van der Waals surface area contributed by atoms with Crippen LogP contribution in [-0.4, -0.2) is 83.1 Å². The highest BCUT2D eigenvalue weighted by atomic mass is 16.2. The van der Waals surface area contributed by atoms with Crippen molar-refractivity contribution >= 4 is 34.7 Å². The Hall–Kier alpha value is -3.98. The monoisotopic (exact) mass is 467 g/mol. The summed E-state index contributed by atoms with van der Waals surface area (Å²) in [5, 5.41) is 14.7. The van der Waals surface area contributed by atoms with E-state index in [2.05, 4.69) is 27.2 Å². The Labute approximate surface area is 197 Å². The number of anilines is 1. The summed E-state index contributed by atoms with van der Waals surface area (Å²) in [6.45, 7) is 5.40. The van der Waals surface area contributed by atoms with Crippen LogP contribution >= 0.6 is 0 Å². The van der Waals surface area contributed by atoms with Crippen molar-refractivity contribution in [1.82, 2.24) is 30.1 Å². The number of nitrogens with two attached hydrogens (primary N) is 1. The third kappa shape index (κ3) is 5.32. The van der Waals surface area contributed by atoms with Crippen LogP contribution in [0, 0.1) is 17.2 Å². The molecule has 0 unspecified atom stereocenters. The number of piperidine rings is 1. The van der Waals surface area contributed by atoms with Crippen molar-refractivity contribution in [2.75, 3.05) is 44.7 Å². The van der Waals surface area contributed by atoms with Gasteiger partial charge in [0, 0.05) is 45.3 Å². The third-order valence-corrected chi connectivity index (χ3v) is 5.90. The zero-order valence-corrected chi connectivity index (χ0v) is 19.1. The molecule has 0 aliphatic carbocycles. The van der Waals surface area contributed by atoms with Crippen LogP contribution in [0.1, 0.15) is 12.8 Å². The minimum atomic E-state index is -0.500. The summed E-state index contributed by atoms with van der Waals surface area (Å²) in [6.07, 6.45) is 5.38. The van der Waals surface area contributed by atoms with Gasteiger partial charge in [0.1, 0.15) is 18.6 Å². The van der Waals surface area contributed by atoms with Gasteiger partial charge in [0.05, 0.1) is 24.0 Å². The second-order valence-electron chi connectivity index (χ2n) is 7.96. The predicted molar refractivity (Wildman–Crippen MR) is 126 cm³/mol. The van der Waals surface area contributed by atoms with Crippen LogP contribution < -0.4 is 21.3 Å². The Kier molecular flexibility index (Phi) is 8.15. The summed E-state index contributed by atoms with van der Waals surface area (Å²) in [6, 6.07) is 3.03. The molecule has 1 aliphatic heterocycles. The molecule has 0 radical (unpaired) electrons. The highest BCUT2D eigenvalue weighted by molar-refractivity contribution is 5.95. The number of likely N-dealkylation sites (tertiary alicyclic amines) is 1. The highest BCUT2D eigenvalue weighted by Crippen LogP contribution is 2.30. The molecule has 2 atom stereocenters. The van der Waals surface area contributed by atoms with Crippen molar-refractivity contribution in [3.05, 3.63) is 31.2 Å². The van der Waals surface area contributed by atoms with Gasteiger partial charge in [-0.05, 0) is 12.5 Å². The largest absolute Gasteiger partial charge is 0.354 e. The first kappa shape index (κ1) is 24.7. The first-order valence-corrected chi connectivity index (χ1v) is 11.0. The number of hydrogen-bond acceptors (Lipinski definition) is 8. The zero-order chi connectivity index (χ0) is 24.7. The Bertz CT molecular complexity index is 1110. The van der Waals surface area contributed by atoms with Crippen LogP contribution in [0.5, 0.6) is 0 Å². The van der Waals surface area contributed by atoms with Crippen LogP contribution in [0.15, 0.2) is 31.2 Å². The van der Waals surface area contributed by atoms with Crippen molar-refractivity contribution in [2.24, 2.45) is 11.7 Å². The molecule has 0 spiro atoms. The Morgan fingerprint density at radius 1 is 1.38 bits per heavy atom. The first-order chi connectivity index (χ1) is 16.4. The molecule has 1 aliphatic rings. The molecular formula is C22H29N9O3. The summed E-state index contributed by atoms with van der Waals surface area (Å²) >= 11 is 0. The van der Waals surface area contributed by atoms with Gasteiger partial charge in [0.15, 0.2) is 5.65 Å². The zero-order valence-electron chi connectivity index (χ0n) is 19.1. The van der Waals surface area contributed by atoms with Gasteiger partial charge in [0.25, 0.3) is 0 Å².